The molecule has 3 aliphatic rings. The number of nitrogens with zero attached hydrogens (tertiary/aromatic N) is 3. The minimum absolute atomic E-state index is 0.125. The zero-order chi connectivity index (χ0) is 21.0. The van der Waals surface area contributed by atoms with Gasteiger partial charge in [0, 0.05) is 18.9 Å². The molecule has 5 nitrogen and oxygen atoms in total. The summed E-state index contributed by atoms with van der Waals surface area (Å²) < 4.78 is 50.4. The highest BCUT2D eigenvalue weighted by atomic mass is 19.1. The number of fused-ring (bicyclic) bond motifs is 1. The van der Waals surface area contributed by atoms with Crippen LogP contribution in [0, 0.1) is 11.6 Å². The lowest BCUT2D eigenvalue weighted by Gasteiger charge is -2.41. The second-order valence-corrected chi connectivity index (χ2v) is 8.51. The van der Waals surface area contributed by atoms with Gasteiger partial charge in [-0.3, -0.25) is 4.57 Å². The lowest BCUT2D eigenvalue weighted by atomic mass is 9.87. The molecule has 0 radical (unpaired) electrons. The van der Waals surface area contributed by atoms with E-state index in [1.54, 1.807) is 13.0 Å². The van der Waals surface area contributed by atoms with Crippen molar-refractivity contribution in [1.29, 1.82) is 0 Å². The highest BCUT2D eigenvalue weighted by Crippen LogP contribution is 2.40. The monoisotopic (exact) mass is 417 g/mol. The van der Waals surface area contributed by atoms with Crippen LogP contribution < -0.4 is 5.69 Å². The van der Waals surface area contributed by atoms with Crippen molar-refractivity contribution >= 4 is 0 Å². The summed E-state index contributed by atoms with van der Waals surface area (Å²) in [5.41, 5.74) is -0.806. The molecule has 2 heterocycles. The fraction of sp³-hybridized carbons (Fsp3) is 0.455. The Kier molecular flexibility index (Phi) is 4.50. The zero-order valence-electron chi connectivity index (χ0n) is 16.5. The average molecular weight is 417 g/mol. The quantitative estimate of drug-likeness (QED) is 0.751. The first kappa shape index (κ1) is 19.4. The van der Waals surface area contributed by atoms with E-state index < -0.39 is 23.3 Å². The molecule has 5 rings (SSSR count). The molecule has 1 saturated carbocycles. The summed E-state index contributed by atoms with van der Waals surface area (Å²) in [4.78, 5) is 13.0. The van der Waals surface area contributed by atoms with E-state index in [-0.39, 0.29) is 23.7 Å². The third-order valence-electron chi connectivity index (χ3n) is 6.36. The highest BCUT2D eigenvalue weighted by Gasteiger charge is 2.42. The molecule has 0 N–H and O–H groups in total. The van der Waals surface area contributed by atoms with Gasteiger partial charge >= 0.3 is 5.69 Å². The molecule has 0 amide bonds. The fourth-order valence-electron chi connectivity index (χ4n) is 4.66. The molecule has 158 valence electrons. The van der Waals surface area contributed by atoms with Crippen molar-refractivity contribution in [3.05, 3.63) is 75.8 Å². The van der Waals surface area contributed by atoms with Gasteiger partial charge in [0.2, 0.25) is 0 Å². The topological polar surface area (TPSA) is 49.0 Å². The third-order valence-corrected chi connectivity index (χ3v) is 6.36. The van der Waals surface area contributed by atoms with E-state index in [9.17, 15) is 18.0 Å². The molecule has 1 unspecified atom stereocenters. The van der Waals surface area contributed by atoms with Crippen LogP contribution in [0.1, 0.15) is 56.1 Å². The second kappa shape index (κ2) is 6.97. The molecule has 8 heteroatoms. The minimum Gasteiger partial charge on any atom is -0.364 e. The Labute approximate surface area is 171 Å². The van der Waals surface area contributed by atoms with Gasteiger partial charge in [0.15, 0.2) is 0 Å². The lowest BCUT2D eigenvalue weighted by Crippen LogP contribution is -2.44. The van der Waals surface area contributed by atoms with Crippen molar-refractivity contribution in [3.63, 3.8) is 0 Å². The van der Waals surface area contributed by atoms with Crippen molar-refractivity contribution in [2.45, 2.75) is 62.8 Å². The van der Waals surface area contributed by atoms with Gasteiger partial charge in [0.05, 0.1) is 18.2 Å². The van der Waals surface area contributed by atoms with Crippen molar-refractivity contribution in [1.82, 2.24) is 14.3 Å². The van der Waals surface area contributed by atoms with Crippen LogP contribution in [-0.4, -0.2) is 26.1 Å². The van der Waals surface area contributed by atoms with E-state index in [0.29, 0.717) is 43.5 Å². The largest absolute Gasteiger partial charge is 0.364 e. The average Bonchev–Trinajstić information content (AvgIpc) is 3.20. The predicted molar refractivity (Wildman–Crippen MR) is 104 cm³/mol. The normalized spacial score (nSPS) is 30.1. The Hall–Kier alpha value is -2.61. The molecule has 1 aliphatic heterocycles. The smallest absolute Gasteiger partial charge is 0.346 e. The van der Waals surface area contributed by atoms with Crippen molar-refractivity contribution < 1.29 is 17.9 Å². The number of aromatic nitrogens is 3. The number of rotatable bonds is 4. The van der Waals surface area contributed by atoms with Gasteiger partial charge in [0.1, 0.15) is 28.9 Å². The number of allylic oxidation sites excluding steroid dienone is 2. The summed E-state index contributed by atoms with van der Waals surface area (Å²) in [6.07, 6.45) is 7.58. The molecule has 1 aromatic heterocycles. The SMILES string of the molecule is CC1(OC2CC(n3nc4n(c3=O)[C@H](c3cc(F)cc(F)c3)CC4)C2)CC=CC=C1F. The summed E-state index contributed by atoms with van der Waals surface area (Å²) >= 11 is 0. The highest BCUT2D eigenvalue weighted by molar-refractivity contribution is 5.25. The summed E-state index contributed by atoms with van der Waals surface area (Å²) in [5.74, 6) is -0.996. The third kappa shape index (κ3) is 3.14. The molecule has 2 atom stereocenters. The Morgan fingerprint density at radius 2 is 1.90 bits per heavy atom. The molecular weight excluding hydrogens is 395 g/mol. The number of aryl methyl sites for hydroxylation is 1. The van der Waals surface area contributed by atoms with Gasteiger partial charge in [-0.25, -0.2) is 22.6 Å². The number of hydrogen-bond acceptors (Lipinski definition) is 3. The van der Waals surface area contributed by atoms with Crippen LogP contribution in [0.25, 0.3) is 0 Å². The van der Waals surface area contributed by atoms with E-state index in [4.69, 9.17) is 4.74 Å². The molecule has 2 aliphatic carbocycles. The molecule has 0 bridgehead atoms. The number of hydrogen-bond donors (Lipinski definition) is 0. The van der Waals surface area contributed by atoms with Crippen molar-refractivity contribution in [2.24, 2.45) is 0 Å². The fourth-order valence-corrected chi connectivity index (χ4v) is 4.66. The number of halogens is 3. The Bertz CT molecular complexity index is 1090. The predicted octanol–water partition coefficient (Wildman–Crippen LogP) is 4.15. The van der Waals surface area contributed by atoms with Gasteiger partial charge < -0.3 is 4.74 Å². The van der Waals surface area contributed by atoms with Crippen LogP contribution in [0.4, 0.5) is 13.2 Å². The van der Waals surface area contributed by atoms with E-state index in [1.165, 1.54) is 27.5 Å². The first-order valence-electron chi connectivity index (χ1n) is 10.2. The van der Waals surface area contributed by atoms with Crippen LogP contribution in [0.5, 0.6) is 0 Å². The molecule has 0 spiro atoms. The Morgan fingerprint density at radius 3 is 2.60 bits per heavy atom. The van der Waals surface area contributed by atoms with Crippen LogP contribution in [0.3, 0.4) is 0 Å². The lowest BCUT2D eigenvalue weighted by molar-refractivity contribution is -0.117. The van der Waals surface area contributed by atoms with Gasteiger partial charge in [-0.15, -0.1) is 0 Å². The molecule has 0 saturated heterocycles. The maximum atomic E-state index is 14.2. The van der Waals surface area contributed by atoms with Crippen LogP contribution in [-0.2, 0) is 11.2 Å². The maximum absolute atomic E-state index is 14.2. The number of benzene rings is 1. The first-order chi connectivity index (χ1) is 14.3. The molecule has 30 heavy (non-hydrogen) atoms. The summed E-state index contributed by atoms with van der Waals surface area (Å²) in [6, 6.07) is 2.80. The molecule has 1 fully saturated rings. The van der Waals surface area contributed by atoms with Gasteiger partial charge in [-0.1, -0.05) is 12.2 Å². The Morgan fingerprint density at radius 1 is 1.17 bits per heavy atom. The van der Waals surface area contributed by atoms with E-state index >= 15 is 0 Å². The van der Waals surface area contributed by atoms with E-state index in [1.807, 2.05) is 6.08 Å². The zero-order valence-corrected chi connectivity index (χ0v) is 16.5. The summed E-state index contributed by atoms with van der Waals surface area (Å²) in [7, 11) is 0. The van der Waals surface area contributed by atoms with Crippen LogP contribution in [0.2, 0.25) is 0 Å². The molecular formula is C22H22F3N3O2. The van der Waals surface area contributed by atoms with Gasteiger partial charge in [-0.2, -0.15) is 5.10 Å². The summed E-state index contributed by atoms with van der Waals surface area (Å²) in [6.45, 7) is 1.73. The summed E-state index contributed by atoms with van der Waals surface area (Å²) in [5, 5.41) is 4.47. The van der Waals surface area contributed by atoms with E-state index in [2.05, 4.69) is 5.10 Å². The Balaban J connectivity index is 1.32. The van der Waals surface area contributed by atoms with Crippen molar-refractivity contribution in [3.8, 4) is 0 Å². The van der Waals surface area contributed by atoms with E-state index in [0.717, 1.165) is 6.07 Å². The molecule has 1 aromatic carbocycles. The van der Waals surface area contributed by atoms with Gasteiger partial charge in [-0.05, 0) is 50.0 Å². The van der Waals surface area contributed by atoms with Crippen LogP contribution >= 0.6 is 0 Å². The van der Waals surface area contributed by atoms with Crippen LogP contribution in [0.15, 0.2) is 47.0 Å². The molecule has 2 aromatic rings. The second-order valence-electron chi connectivity index (χ2n) is 8.51. The van der Waals surface area contributed by atoms with Gasteiger partial charge in [0.25, 0.3) is 0 Å². The maximum Gasteiger partial charge on any atom is 0.346 e. The standard InChI is InChI=1S/C22H22F3N3O2/c1-22(7-3-2-4-19(22)25)30-17-11-16(12-17)28-21(29)27-18(5-6-20(27)26-28)13-8-14(23)10-15(24)9-13/h2-4,8-10,16-18H,5-7,11-12H2,1H3/t16?,17?,18-,22?/m0/s1. The minimum atomic E-state index is -0.960. The first-order valence-corrected chi connectivity index (χ1v) is 10.2. The van der Waals surface area contributed by atoms with Crippen molar-refractivity contribution in [2.75, 3.05) is 0 Å². The number of ether oxygens (including phenoxy) is 1.